The van der Waals surface area contributed by atoms with E-state index in [9.17, 15) is 19.1 Å². The maximum Gasteiger partial charge on any atom is 0.271 e. The maximum atomic E-state index is 13.9. The molecule has 27 heavy (non-hydrogen) atoms. The van der Waals surface area contributed by atoms with Crippen LogP contribution in [-0.2, 0) is 0 Å². The monoisotopic (exact) mass is 396 g/mol. The van der Waals surface area contributed by atoms with Crippen LogP contribution in [0.3, 0.4) is 0 Å². The summed E-state index contributed by atoms with van der Waals surface area (Å²) in [5.74, 6) is -2.01. The molecule has 2 aromatic rings. The van der Waals surface area contributed by atoms with Crippen LogP contribution < -0.4 is 10.6 Å². The van der Waals surface area contributed by atoms with Gasteiger partial charge in [-0.2, -0.15) is 5.10 Å². The molecule has 0 radical (unpaired) electrons. The zero-order valence-corrected chi connectivity index (χ0v) is 15.8. The number of hydrogen-bond acceptors (Lipinski definition) is 4. The average Bonchev–Trinajstić information content (AvgIpc) is 3.06. The first kappa shape index (κ1) is 20.9. The average molecular weight is 397 g/mol. The smallest absolute Gasteiger partial charge is 0.271 e. The van der Waals surface area contributed by atoms with Crippen molar-refractivity contribution < 1.29 is 19.1 Å². The second-order valence-electron chi connectivity index (χ2n) is 6.21. The third-order valence-corrected chi connectivity index (χ3v) is 4.38. The van der Waals surface area contributed by atoms with E-state index in [0.29, 0.717) is 19.3 Å². The number of nitrogens with zero attached hydrogens (tertiary/aromatic N) is 1. The molecule has 1 heterocycles. The van der Waals surface area contributed by atoms with E-state index in [4.69, 9.17) is 11.6 Å². The molecule has 2 atom stereocenters. The molecule has 1 aromatic heterocycles. The van der Waals surface area contributed by atoms with Crippen molar-refractivity contribution in [2.75, 3.05) is 5.32 Å². The van der Waals surface area contributed by atoms with Crippen LogP contribution in [0, 0.1) is 5.82 Å². The van der Waals surface area contributed by atoms with E-state index in [2.05, 4.69) is 20.8 Å². The van der Waals surface area contributed by atoms with E-state index in [1.54, 1.807) is 6.92 Å². The molecule has 0 saturated carbocycles. The van der Waals surface area contributed by atoms with E-state index >= 15 is 0 Å². The molecule has 0 aliphatic carbocycles. The summed E-state index contributed by atoms with van der Waals surface area (Å²) in [5, 5.41) is 20.9. The largest absolute Gasteiger partial charge is 0.393 e. The van der Waals surface area contributed by atoms with Crippen molar-refractivity contribution in [1.29, 1.82) is 0 Å². The zero-order chi connectivity index (χ0) is 20.0. The van der Waals surface area contributed by atoms with Gasteiger partial charge in [-0.15, -0.1) is 0 Å². The highest BCUT2D eigenvalue weighted by atomic mass is 35.5. The van der Waals surface area contributed by atoms with E-state index in [1.807, 2.05) is 6.92 Å². The predicted molar refractivity (Wildman–Crippen MR) is 100 cm³/mol. The molecule has 2 amide bonds. The van der Waals surface area contributed by atoms with Gasteiger partial charge in [0.2, 0.25) is 0 Å². The number of nitrogens with one attached hydrogen (secondary N) is 3. The lowest BCUT2D eigenvalue weighted by atomic mass is 10.1. The lowest BCUT2D eigenvalue weighted by Crippen LogP contribution is -2.35. The molecule has 0 aliphatic heterocycles. The minimum absolute atomic E-state index is 0.0360. The first-order chi connectivity index (χ1) is 12.8. The number of carbonyl (C=O) groups is 2. The first-order valence-electron chi connectivity index (χ1n) is 8.61. The van der Waals surface area contributed by atoms with Gasteiger partial charge < -0.3 is 15.7 Å². The highest BCUT2D eigenvalue weighted by molar-refractivity contribution is 6.34. The normalized spacial score (nSPS) is 13.1. The zero-order valence-electron chi connectivity index (χ0n) is 15.1. The van der Waals surface area contributed by atoms with Crippen molar-refractivity contribution in [3.05, 3.63) is 46.5 Å². The molecule has 0 aliphatic rings. The van der Waals surface area contributed by atoms with Crippen molar-refractivity contribution in [1.82, 2.24) is 15.5 Å². The van der Waals surface area contributed by atoms with Gasteiger partial charge in [0.15, 0.2) is 0 Å². The van der Waals surface area contributed by atoms with Gasteiger partial charge in [0.05, 0.1) is 28.6 Å². The van der Waals surface area contributed by atoms with Crippen LogP contribution in [0.5, 0.6) is 0 Å². The number of amides is 2. The predicted octanol–water partition coefficient (Wildman–Crippen LogP) is 3.12. The highest BCUT2D eigenvalue weighted by Crippen LogP contribution is 2.21. The number of aromatic amines is 1. The Morgan fingerprint density at radius 1 is 1.33 bits per heavy atom. The van der Waals surface area contributed by atoms with Gasteiger partial charge in [-0.3, -0.25) is 14.7 Å². The summed E-state index contributed by atoms with van der Waals surface area (Å²) in [4.78, 5) is 24.8. The number of anilines is 1. The molecule has 0 saturated heterocycles. The lowest BCUT2D eigenvalue weighted by molar-refractivity contribution is 0.0922. The number of halogens is 2. The standard InChI is InChI=1S/C18H22ClFN4O3/c1-3-11(8-7-10(2)25)22-18(27)16-14(9-21-24-16)23-17(26)15-12(19)5-4-6-13(15)20/h4-6,9-11,25H,3,7-8H2,1-2H3,(H,21,24)(H,22,27)(H,23,26)/t10?,11-/m0/s1. The molecule has 2 rings (SSSR count). The fraction of sp³-hybridized carbons (Fsp3) is 0.389. The fourth-order valence-electron chi connectivity index (χ4n) is 2.53. The van der Waals surface area contributed by atoms with Crippen molar-refractivity contribution in [2.45, 2.75) is 45.3 Å². The van der Waals surface area contributed by atoms with Crippen molar-refractivity contribution in [3.63, 3.8) is 0 Å². The van der Waals surface area contributed by atoms with E-state index in [0.717, 1.165) is 6.07 Å². The summed E-state index contributed by atoms with van der Waals surface area (Å²) in [5.41, 5.74) is -0.149. The SMILES string of the molecule is CC[C@@H](CCC(C)O)NC(=O)c1[nH]ncc1NC(=O)c1c(F)cccc1Cl. The molecular weight excluding hydrogens is 375 g/mol. The van der Waals surface area contributed by atoms with Crippen molar-refractivity contribution in [2.24, 2.45) is 0 Å². The van der Waals surface area contributed by atoms with Gasteiger partial charge in [-0.25, -0.2) is 4.39 Å². The van der Waals surface area contributed by atoms with E-state index < -0.39 is 23.7 Å². The molecule has 4 N–H and O–H groups in total. The van der Waals surface area contributed by atoms with Crippen LogP contribution in [-0.4, -0.2) is 39.3 Å². The number of aliphatic hydroxyl groups is 1. The van der Waals surface area contributed by atoms with Gasteiger partial charge in [-0.05, 0) is 38.3 Å². The molecule has 1 unspecified atom stereocenters. The van der Waals surface area contributed by atoms with Gasteiger partial charge >= 0.3 is 0 Å². The molecule has 1 aromatic carbocycles. The number of rotatable bonds is 8. The molecule has 146 valence electrons. The number of H-pyrrole nitrogens is 1. The summed E-state index contributed by atoms with van der Waals surface area (Å²) in [6.07, 6.45) is 2.65. The minimum Gasteiger partial charge on any atom is -0.393 e. The van der Waals surface area contributed by atoms with Crippen LogP contribution in [0.1, 0.15) is 54.0 Å². The summed E-state index contributed by atoms with van der Waals surface area (Å²) in [6.45, 7) is 3.60. The molecule has 9 heteroatoms. The third kappa shape index (κ3) is 5.51. The molecule has 0 spiro atoms. The Kier molecular flexibility index (Phi) is 7.32. The molecule has 7 nitrogen and oxygen atoms in total. The maximum absolute atomic E-state index is 13.9. The van der Waals surface area contributed by atoms with E-state index in [-0.39, 0.29) is 28.0 Å². The fourth-order valence-corrected chi connectivity index (χ4v) is 2.78. The number of aliphatic hydroxyl groups excluding tert-OH is 1. The summed E-state index contributed by atoms with van der Waals surface area (Å²) >= 11 is 5.89. The Hall–Kier alpha value is -2.45. The second kappa shape index (κ2) is 9.48. The van der Waals surface area contributed by atoms with Crippen LogP contribution in [0.2, 0.25) is 5.02 Å². The topological polar surface area (TPSA) is 107 Å². The number of carbonyl (C=O) groups excluding carboxylic acids is 2. The van der Waals surface area contributed by atoms with Crippen LogP contribution in [0.15, 0.2) is 24.4 Å². The highest BCUT2D eigenvalue weighted by Gasteiger charge is 2.21. The third-order valence-electron chi connectivity index (χ3n) is 4.07. The Balaban J connectivity index is 2.10. The Morgan fingerprint density at radius 3 is 2.70 bits per heavy atom. The minimum atomic E-state index is -0.783. The van der Waals surface area contributed by atoms with Crippen molar-refractivity contribution >= 4 is 29.1 Å². The summed E-state index contributed by atoms with van der Waals surface area (Å²) in [6, 6.07) is 3.78. The van der Waals surface area contributed by atoms with Crippen molar-refractivity contribution in [3.8, 4) is 0 Å². The number of hydrogen-bond donors (Lipinski definition) is 4. The Labute approximate surface area is 161 Å². The second-order valence-corrected chi connectivity index (χ2v) is 6.62. The van der Waals surface area contributed by atoms with Crippen LogP contribution in [0.25, 0.3) is 0 Å². The van der Waals surface area contributed by atoms with Crippen LogP contribution >= 0.6 is 11.6 Å². The summed E-state index contributed by atoms with van der Waals surface area (Å²) < 4.78 is 13.9. The van der Waals surface area contributed by atoms with Gasteiger partial charge in [0.25, 0.3) is 11.8 Å². The quantitative estimate of drug-likeness (QED) is 0.549. The van der Waals surface area contributed by atoms with Gasteiger partial charge in [0.1, 0.15) is 11.5 Å². The van der Waals surface area contributed by atoms with Crippen LogP contribution in [0.4, 0.5) is 10.1 Å². The van der Waals surface area contributed by atoms with E-state index in [1.165, 1.54) is 18.3 Å². The molecule has 0 fully saturated rings. The molecular formula is C18H22ClFN4O3. The van der Waals surface area contributed by atoms with Gasteiger partial charge in [0, 0.05) is 6.04 Å². The summed E-state index contributed by atoms with van der Waals surface area (Å²) in [7, 11) is 0. The lowest BCUT2D eigenvalue weighted by Gasteiger charge is -2.17. The first-order valence-corrected chi connectivity index (χ1v) is 8.98. The number of aromatic nitrogens is 2. The molecule has 0 bridgehead atoms. The number of benzene rings is 1. The Morgan fingerprint density at radius 2 is 2.07 bits per heavy atom. The van der Waals surface area contributed by atoms with Gasteiger partial charge in [-0.1, -0.05) is 24.6 Å². The Bertz CT molecular complexity index is 789.